The van der Waals surface area contributed by atoms with E-state index in [1.54, 1.807) is 17.7 Å². The molecule has 0 radical (unpaired) electrons. The second-order valence-corrected chi connectivity index (χ2v) is 7.50. The fraction of sp³-hybridized carbons (Fsp3) is 0.533. The van der Waals surface area contributed by atoms with Crippen LogP contribution >= 0.6 is 11.3 Å². The van der Waals surface area contributed by atoms with Crippen LogP contribution in [-0.2, 0) is 17.6 Å². The van der Waals surface area contributed by atoms with Crippen LogP contribution in [0.1, 0.15) is 37.6 Å². The van der Waals surface area contributed by atoms with Crippen molar-refractivity contribution in [3.05, 3.63) is 16.8 Å². The van der Waals surface area contributed by atoms with Gasteiger partial charge in [-0.25, -0.2) is 9.97 Å². The maximum Gasteiger partial charge on any atom is 0.239 e. The first-order valence-electron chi connectivity index (χ1n) is 7.24. The molecule has 1 aliphatic carbocycles. The lowest BCUT2D eigenvalue weighted by molar-refractivity contribution is -0.120. The minimum atomic E-state index is -0.219. The topological polar surface area (TPSA) is 66.9 Å². The van der Waals surface area contributed by atoms with Crippen molar-refractivity contribution in [3.63, 3.8) is 0 Å². The molecular weight excluding hydrogens is 284 g/mol. The van der Waals surface area contributed by atoms with Gasteiger partial charge < -0.3 is 10.6 Å². The number of fused-ring (bicyclic) bond motifs is 3. The van der Waals surface area contributed by atoms with E-state index in [1.165, 1.54) is 16.9 Å². The van der Waals surface area contributed by atoms with Gasteiger partial charge in [0.05, 0.1) is 11.9 Å². The standard InChI is InChI=1S/C15H20N4OS/c1-15(2,3)19-11(20)7-16-13-12-9-5-4-6-10(9)21-14(12)18-8-17-13/h8H,4-7H2,1-3H3,(H,19,20)(H,16,17,18). The first-order valence-corrected chi connectivity index (χ1v) is 8.06. The summed E-state index contributed by atoms with van der Waals surface area (Å²) in [6, 6.07) is 0. The Hall–Kier alpha value is -1.69. The molecular formula is C15H20N4OS. The monoisotopic (exact) mass is 304 g/mol. The summed E-state index contributed by atoms with van der Waals surface area (Å²) in [5.74, 6) is 0.754. The summed E-state index contributed by atoms with van der Waals surface area (Å²) in [7, 11) is 0. The number of nitrogens with one attached hydrogen (secondary N) is 2. The number of hydrogen-bond donors (Lipinski definition) is 2. The van der Waals surface area contributed by atoms with Gasteiger partial charge >= 0.3 is 0 Å². The van der Waals surface area contributed by atoms with Crippen molar-refractivity contribution in [3.8, 4) is 0 Å². The van der Waals surface area contributed by atoms with Gasteiger partial charge in [0.15, 0.2) is 0 Å². The molecule has 2 aromatic rings. The maximum atomic E-state index is 11.9. The lowest BCUT2D eigenvalue weighted by Crippen LogP contribution is -2.43. The molecule has 2 heterocycles. The predicted octanol–water partition coefficient (Wildman–Crippen LogP) is 2.51. The van der Waals surface area contributed by atoms with Crippen LogP contribution in [0, 0.1) is 0 Å². The van der Waals surface area contributed by atoms with E-state index in [0.29, 0.717) is 0 Å². The number of hydrogen-bond acceptors (Lipinski definition) is 5. The molecule has 5 nitrogen and oxygen atoms in total. The molecule has 0 unspecified atom stereocenters. The van der Waals surface area contributed by atoms with Gasteiger partial charge in [-0.1, -0.05) is 0 Å². The number of aryl methyl sites for hydroxylation is 2. The van der Waals surface area contributed by atoms with Gasteiger partial charge in [-0.05, 0) is 45.6 Å². The molecule has 1 amide bonds. The summed E-state index contributed by atoms with van der Waals surface area (Å²) in [6.07, 6.45) is 5.00. The average molecular weight is 304 g/mol. The van der Waals surface area contributed by atoms with Gasteiger partial charge in [0.2, 0.25) is 5.91 Å². The zero-order valence-corrected chi connectivity index (χ0v) is 13.4. The third kappa shape index (κ3) is 3.00. The molecule has 2 N–H and O–H groups in total. The fourth-order valence-electron chi connectivity index (χ4n) is 2.69. The van der Waals surface area contributed by atoms with Crippen molar-refractivity contribution in [2.45, 2.75) is 45.6 Å². The highest BCUT2D eigenvalue weighted by atomic mass is 32.1. The number of rotatable bonds is 3. The Labute approximate surface area is 128 Å². The first-order chi connectivity index (χ1) is 9.94. The molecule has 21 heavy (non-hydrogen) atoms. The number of aromatic nitrogens is 2. The van der Waals surface area contributed by atoms with E-state index in [0.717, 1.165) is 28.9 Å². The Bertz CT molecular complexity index is 687. The molecule has 0 saturated heterocycles. The van der Waals surface area contributed by atoms with Crippen LogP contribution in [0.4, 0.5) is 5.82 Å². The first kappa shape index (κ1) is 14.3. The average Bonchev–Trinajstić information content (AvgIpc) is 2.94. The zero-order valence-electron chi connectivity index (χ0n) is 12.6. The molecule has 0 spiro atoms. The lowest BCUT2D eigenvalue weighted by atomic mass is 10.1. The third-order valence-corrected chi connectivity index (χ3v) is 4.63. The number of amides is 1. The summed E-state index contributed by atoms with van der Waals surface area (Å²) in [5.41, 5.74) is 1.15. The van der Waals surface area contributed by atoms with Crippen molar-refractivity contribution in [2.24, 2.45) is 0 Å². The van der Waals surface area contributed by atoms with Crippen LogP contribution in [-0.4, -0.2) is 28.0 Å². The SMILES string of the molecule is CC(C)(C)NC(=O)CNc1ncnc2sc3c(c12)CCC3. The van der Waals surface area contributed by atoms with Crippen molar-refractivity contribution < 1.29 is 4.79 Å². The minimum absolute atomic E-state index is 0.0267. The number of thiophene rings is 1. The van der Waals surface area contributed by atoms with Crippen LogP contribution in [0.5, 0.6) is 0 Å². The molecule has 6 heteroatoms. The summed E-state index contributed by atoms with van der Waals surface area (Å²) >= 11 is 1.75. The van der Waals surface area contributed by atoms with E-state index in [-0.39, 0.29) is 18.0 Å². The highest BCUT2D eigenvalue weighted by Gasteiger charge is 2.21. The molecule has 0 bridgehead atoms. The molecule has 0 aromatic carbocycles. The number of nitrogens with zero attached hydrogens (tertiary/aromatic N) is 2. The van der Waals surface area contributed by atoms with Crippen LogP contribution < -0.4 is 10.6 Å². The maximum absolute atomic E-state index is 11.9. The molecule has 112 valence electrons. The summed E-state index contributed by atoms with van der Waals surface area (Å²) in [6.45, 7) is 6.15. The fourth-order valence-corrected chi connectivity index (χ4v) is 3.92. The number of carbonyl (C=O) groups excluding carboxylic acids is 1. The Morgan fingerprint density at radius 3 is 2.90 bits per heavy atom. The van der Waals surface area contributed by atoms with Crippen molar-refractivity contribution in [2.75, 3.05) is 11.9 Å². The third-order valence-electron chi connectivity index (χ3n) is 3.43. The largest absolute Gasteiger partial charge is 0.360 e. The number of anilines is 1. The van der Waals surface area contributed by atoms with Gasteiger partial charge in [-0.2, -0.15) is 0 Å². The van der Waals surface area contributed by atoms with E-state index in [4.69, 9.17) is 0 Å². The summed E-state index contributed by atoms with van der Waals surface area (Å²) in [4.78, 5) is 23.1. The predicted molar refractivity (Wildman–Crippen MR) is 85.8 cm³/mol. The quantitative estimate of drug-likeness (QED) is 0.914. The van der Waals surface area contributed by atoms with E-state index in [9.17, 15) is 4.79 Å². The molecule has 1 aliphatic rings. The van der Waals surface area contributed by atoms with Gasteiger partial charge in [-0.3, -0.25) is 4.79 Å². The van der Waals surface area contributed by atoms with Crippen LogP contribution in [0.25, 0.3) is 10.2 Å². The highest BCUT2D eigenvalue weighted by Crippen LogP contribution is 2.38. The Morgan fingerprint density at radius 1 is 1.33 bits per heavy atom. The Balaban J connectivity index is 1.80. The normalized spacial score (nSPS) is 14.2. The van der Waals surface area contributed by atoms with Gasteiger partial charge in [0.25, 0.3) is 0 Å². The van der Waals surface area contributed by atoms with Gasteiger partial charge in [0.1, 0.15) is 17.0 Å². The van der Waals surface area contributed by atoms with Gasteiger partial charge in [-0.15, -0.1) is 11.3 Å². The Morgan fingerprint density at radius 2 is 2.14 bits per heavy atom. The highest BCUT2D eigenvalue weighted by molar-refractivity contribution is 7.19. The van der Waals surface area contributed by atoms with Gasteiger partial charge in [0, 0.05) is 10.4 Å². The van der Waals surface area contributed by atoms with Crippen LogP contribution in [0.2, 0.25) is 0 Å². The van der Waals surface area contributed by atoms with Crippen molar-refractivity contribution >= 4 is 33.3 Å². The summed E-state index contributed by atoms with van der Waals surface area (Å²) < 4.78 is 0. The van der Waals surface area contributed by atoms with Crippen LogP contribution in [0.3, 0.4) is 0 Å². The second-order valence-electron chi connectivity index (χ2n) is 6.41. The lowest BCUT2D eigenvalue weighted by Gasteiger charge is -2.20. The molecule has 0 atom stereocenters. The molecule has 0 fully saturated rings. The smallest absolute Gasteiger partial charge is 0.239 e. The molecule has 3 rings (SSSR count). The van der Waals surface area contributed by atoms with Crippen LogP contribution in [0.15, 0.2) is 6.33 Å². The minimum Gasteiger partial charge on any atom is -0.360 e. The number of carbonyl (C=O) groups is 1. The zero-order chi connectivity index (χ0) is 15.0. The van der Waals surface area contributed by atoms with E-state index < -0.39 is 0 Å². The summed E-state index contributed by atoms with van der Waals surface area (Å²) in [5, 5.41) is 7.22. The molecule has 0 aliphatic heterocycles. The second kappa shape index (κ2) is 5.26. The molecule has 0 saturated carbocycles. The van der Waals surface area contributed by atoms with E-state index in [2.05, 4.69) is 20.6 Å². The van der Waals surface area contributed by atoms with Crippen molar-refractivity contribution in [1.82, 2.24) is 15.3 Å². The molecule has 2 aromatic heterocycles. The van der Waals surface area contributed by atoms with E-state index in [1.807, 2.05) is 20.8 Å². The van der Waals surface area contributed by atoms with E-state index >= 15 is 0 Å². The van der Waals surface area contributed by atoms with Crippen molar-refractivity contribution in [1.29, 1.82) is 0 Å². The Kier molecular flexibility index (Phi) is 3.57.